The second kappa shape index (κ2) is 6.60. The number of hydrogen-bond donors (Lipinski definition) is 2. The standard InChI is InChI=1S/C17H25N3O/c1-19-9-6-15(7-10-19)20(11-12-21)13-14-3-2-4-17-16(14)5-8-18-17/h2-5,8,15,18,21H,6-7,9-13H2,1H3. The Morgan fingerprint density at radius 3 is 2.86 bits per heavy atom. The molecule has 0 spiro atoms. The minimum atomic E-state index is 0.232. The number of piperidine rings is 1. The van der Waals surface area contributed by atoms with E-state index in [1.54, 1.807) is 0 Å². The van der Waals surface area contributed by atoms with Crippen LogP contribution in [0.3, 0.4) is 0 Å². The average Bonchev–Trinajstić information content (AvgIpc) is 2.97. The third-order valence-electron chi connectivity index (χ3n) is 4.65. The smallest absolute Gasteiger partial charge is 0.0558 e. The molecule has 2 heterocycles. The van der Waals surface area contributed by atoms with E-state index in [-0.39, 0.29) is 6.61 Å². The average molecular weight is 287 g/mol. The van der Waals surface area contributed by atoms with Gasteiger partial charge in [-0.2, -0.15) is 0 Å². The van der Waals surface area contributed by atoms with Crippen LogP contribution in [0.1, 0.15) is 18.4 Å². The predicted octanol–water partition coefficient (Wildman–Crippen LogP) is 2.06. The fourth-order valence-corrected chi connectivity index (χ4v) is 3.39. The lowest BCUT2D eigenvalue weighted by Crippen LogP contribution is -2.44. The molecule has 0 saturated carbocycles. The number of likely N-dealkylation sites (tertiary alicyclic amines) is 1. The highest BCUT2D eigenvalue weighted by Crippen LogP contribution is 2.22. The van der Waals surface area contributed by atoms with Gasteiger partial charge in [0.05, 0.1) is 6.61 Å². The van der Waals surface area contributed by atoms with E-state index < -0.39 is 0 Å². The van der Waals surface area contributed by atoms with E-state index in [0.717, 1.165) is 26.2 Å². The van der Waals surface area contributed by atoms with Crippen LogP contribution in [0.25, 0.3) is 10.9 Å². The van der Waals surface area contributed by atoms with Crippen LogP contribution >= 0.6 is 0 Å². The molecule has 2 N–H and O–H groups in total. The number of H-pyrrole nitrogens is 1. The highest BCUT2D eigenvalue weighted by atomic mass is 16.3. The SMILES string of the molecule is CN1CCC(N(CCO)Cc2cccc3[nH]ccc23)CC1. The molecular formula is C17H25N3O. The van der Waals surface area contributed by atoms with E-state index in [0.29, 0.717) is 6.04 Å². The summed E-state index contributed by atoms with van der Waals surface area (Å²) in [5, 5.41) is 10.7. The first-order chi connectivity index (χ1) is 10.3. The lowest BCUT2D eigenvalue weighted by Gasteiger charge is -2.37. The van der Waals surface area contributed by atoms with E-state index in [1.807, 2.05) is 6.20 Å². The zero-order valence-electron chi connectivity index (χ0n) is 12.8. The van der Waals surface area contributed by atoms with Crippen LogP contribution < -0.4 is 0 Å². The van der Waals surface area contributed by atoms with Gasteiger partial charge >= 0.3 is 0 Å². The minimum absolute atomic E-state index is 0.232. The number of hydrogen-bond acceptors (Lipinski definition) is 3. The first-order valence-electron chi connectivity index (χ1n) is 7.86. The Labute approximate surface area is 126 Å². The molecule has 114 valence electrons. The summed E-state index contributed by atoms with van der Waals surface area (Å²) >= 11 is 0. The Hall–Kier alpha value is -1.36. The molecule has 4 heteroatoms. The maximum atomic E-state index is 9.41. The van der Waals surface area contributed by atoms with Gasteiger partial charge in [-0.3, -0.25) is 4.90 Å². The third kappa shape index (κ3) is 3.28. The van der Waals surface area contributed by atoms with Gasteiger partial charge in [-0.1, -0.05) is 12.1 Å². The lowest BCUT2D eigenvalue weighted by molar-refractivity contribution is 0.0945. The van der Waals surface area contributed by atoms with E-state index in [9.17, 15) is 5.11 Å². The Bertz CT molecular complexity index is 572. The molecule has 1 aromatic heterocycles. The van der Waals surface area contributed by atoms with Gasteiger partial charge in [0.2, 0.25) is 0 Å². The van der Waals surface area contributed by atoms with Crippen molar-refractivity contribution in [3.63, 3.8) is 0 Å². The van der Waals surface area contributed by atoms with Crippen molar-refractivity contribution in [1.29, 1.82) is 0 Å². The van der Waals surface area contributed by atoms with Crippen LogP contribution in [0.5, 0.6) is 0 Å². The summed E-state index contributed by atoms with van der Waals surface area (Å²) in [6.07, 6.45) is 4.39. The van der Waals surface area contributed by atoms with Crippen molar-refractivity contribution in [2.45, 2.75) is 25.4 Å². The first kappa shape index (κ1) is 14.6. The fourth-order valence-electron chi connectivity index (χ4n) is 3.39. The molecule has 4 nitrogen and oxygen atoms in total. The number of benzene rings is 1. The molecule has 2 aromatic rings. The molecule has 0 atom stereocenters. The Kier molecular flexibility index (Phi) is 4.58. The number of nitrogens with one attached hydrogen (secondary N) is 1. The highest BCUT2D eigenvalue weighted by molar-refractivity contribution is 5.82. The molecule has 0 aliphatic carbocycles. The van der Waals surface area contributed by atoms with Crippen LogP contribution in [0.4, 0.5) is 0 Å². The Balaban J connectivity index is 1.77. The summed E-state index contributed by atoms with van der Waals surface area (Å²) in [4.78, 5) is 8.12. The lowest BCUT2D eigenvalue weighted by atomic mass is 10.0. The van der Waals surface area contributed by atoms with Crippen LogP contribution in [0, 0.1) is 0 Å². The zero-order chi connectivity index (χ0) is 14.7. The summed E-state index contributed by atoms with van der Waals surface area (Å²) in [6, 6.07) is 9.17. The number of fused-ring (bicyclic) bond motifs is 1. The quantitative estimate of drug-likeness (QED) is 0.884. The summed E-state index contributed by atoms with van der Waals surface area (Å²) in [5.74, 6) is 0. The maximum Gasteiger partial charge on any atom is 0.0558 e. The summed E-state index contributed by atoms with van der Waals surface area (Å²) in [6.45, 7) is 4.22. The molecule has 1 saturated heterocycles. The number of rotatable bonds is 5. The van der Waals surface area contributed by atoms with Crippen molar-refractivity contribution in [3.05, 3.63) is 36.0 Å². The second-order valence-electron chi connectivity index (χ2n) is 6.08. The van der Waals surface area contributed by atoms with Crippen molar-refractivity contribution < 1.29 is 5.11 Å². The largest absolute Gasteiger partial charge is 0.395 e. The van der Waals surface area contributed by atoms with Crippen molar-refractivity contribution in [2.24, 2.45) is 0 Å². The van der Waals surface area contributed by atoms with Gasteiger partial charge in [-0.25, -0.2) is 0 Å². The van der Waals surface area contributed by atoms with Crippen LogP contribution in [-0.4, -0.2) is 59.2 Å². The number of aromatic nitrogens is 1. The van der Waals surface area contributed by atoms with Crippen molar-refractivity contribution >= 4 is 10.9 Å². The van der Waals surface area contributed by atoms with Crippen LogP contribution in [0.2, 0.25) is 0 Å². The van der Waals surface area contributed by atoms with Gasteiger partial charge in [0.25, 0.3) is 0 Å². The van der Waals surface area contributed by atoms with Gasteiger partial charge in [-0.05, 0) is 50.7 Å². The zero-order valence-corrected chi connectivity index (χ0v) is 12.8. The topological polar surface area (TPSA) is 42.5 Å². The second-order valence-corrected chi connectivity index (χ2v) is 6.08. The van der Waals surface area contributed by atoms with Gasteiger partial charge in [0.1, 0.15) is 0 Å². The van der Waals surface area contributed by atoms with Gasteiger partial charge in [-0.15, -0.1) is 0 Å². The summed E-state index contributed by atoms with van der Waals surface area (Å²) < 4.78 is 0. The molecule has 1 aromatic carbocycles. The molecule has 0 radical (unpaired) electrons. The molecule has 1 aliphatic heterocycles. The monoisotopic (exact) mass is 287 g/mol. The molecular weight excluding hydrogens is 262 g/mol. The number of aliphatic hydroxyl groups is 1. The molecule has 3 rings (SSSR count). The van der Waals surface area contributed by atoms with Gasteiger partial charge in [0.15, 0.2) is 0 Å². The molecule has 1 fully saturated rings. The minimum Gasteiger partial charge on any atom is -0.395 e. The molecule has 21 heavy (non-hydrogen) atoms. The molecule has 0 amide bonds. The van der Waals surface area contributed by atoms with Gasteiger partial charge in [0, 0.05) is 36.2 Å². The maximum absolute atomic E-state index is 9.41. The summed E-state index contributed by atoms with van der Waals surface area (Å²) in [5.41, 5.74) is 2.54. The van der Waals surface area contributed by atoms with Crippen molar-refractivity contribution in [3.8, 4) is 0 Å². The van der Waals surface area contributed by atoms with Crippen molar-refractivity contribution in [2.75, 3.05) is 33.3 Å². The Morgan fingerprint density at radius 2 is 2.10 bits per heavy atom. The summed E-state index contributed by atoms with van der Waals surface area (Å²) in [7, 11) is 2.19. The van der Waals surface area contributed by atoms with Crippen molar-refractivity contribution in [1.82, 2.24) is 14.8 Å². The number of aliphatic hydroxyl groups excluding tert-OH is 1. The predicted molar refractivity (Wildman–Crippen MR) is 86.3 cm³/mol. The fraction of sp³-hybridized carbons (Fsp3) is 0.529. The van der Waals surface area contributed by atoms with E-state index in [2.05, 4.69) is 46.1 Å². The highest BCUT2D eigenvalue weighted by Gasteiger charge is 2.23. The Morgan fingerprint density at radius 1 is 1.29 bits per heavy atom. The molecule has 1 aliphatic rings. The van der Waals surface area contributed by atoms with Crippen LogP contribution in [0.15, 0.2) is 30.5 Å². The number of aromatic amines is 1. The molecule has 0 bridgehead atoms. The van der Waals surface area contributed by atoms with Gasteiger partial charge < -0.3 is 15.0 Å². The normalized spacial score (nSPS) is 17.9. The van der Waals surface area contributed by atoms with Crippen LogP contribution in [-0.2, 0) is 6.54 Å². The van der Waals surface area contributed by atoms with E-state index >= 15 is 0 Å². The number of nitrogens with zero attached hydrogens (tertiary/aromatic N) is 2. The molecule has 0 unspecified atom stereocenters. The third-order valence-corrected chi connectivity index (χ3v) is 4.65. The van der Waals surface area contributed by atoms with E-state index in [1.165, 1.54) is 29.3 Å². The first-order valence-corrected chi connectivity index (χ1v) is 7.86. The van der Waals surface area contributed by atoms with E-state index in [4.69, 9.17) is 0 Å².